The summed E-state index contributed by atoms with van der Waals surface area (Å²) < 4.78 is 0.883. The van der Waals surface area contributed by atoms with Gasteiger partial charge in [0.15, 0.2) is 4.60 Å². The average Bonchev–Trinajstić information content (AvgIpc) is 2.32. The Hall–Kier alpha value is -0.380. The summed E-state index contributed by atoms with van der Waals surface area (Å²) in [6.45, 7) is 5.09. The molecule has 0 unspecified atom stereocenters. The number of nitrogens with zero attached hydrogens (tertiary/aromatic N) is 3. The highest BCUT2D eigenvalue weighted by molar-refractivity contribution is 9.10. The first-order valence-electron chi connectivity index (χ1n) is 3.87. The van der Waals surface area contributed by atoms with Crippen LogP contribution < -0.4 is 0 Å². The topological polar surface area (TPSA) is 30.7 Å². The van der Waals surface area contributed by atoms with Gasteiger partial charge < -0.3 is 0 Å². The Labute approximate surface area is 74.9 Å². The van der Waals surface area contributed by atoms with Crippen LogP contribution in [0.5, 0.6) is 0 Å². The van der Waals surface area contributed by atoms with Gasteiger partial charge in [-0.3, -0.25) is 0 Å². The highest BCUT2D eigenvalue weighted by atomic mass is 79.9. The summed E-state index contributed by atoms with van der Waals surface area (Å²) in [6.07, 6.45) is 2.01. The summed E-state index contributed by atoms with van der Waals surface area (Å²) in [5.74, 6) is 0. The van der Waals surface area contributed by atoms with E-state index in [1.54, 1.807) is 4.80 Å². The van der Waals surface area contributed by atoms with Crippen molar-refractivity contribution in [3.8, 4) is 0 Å². The molecule has 0 aliphatic heterocycles. The molecule has 0 N–H and O–H groups in total. The normalized spacial score (nSPS) is 10.5. The van der Waals surface area contributed by atoms with Crippen LogP contribution in [0.15, 0.2) is 4.60 Å². The van der Waals surface area contributed by atoms with E-state index in [-0.39, 0.29) is 0 Å². The summed E-state index contributed by atoms with van der Waals surface area (Å²) in [7, 11) is 0. The highest BCUT2D eigenvalue weighted by Gasteiger charge is 2.04. The number of aryl methyl sites for hydroxylation is 2. The maximum absolute atomic E-state index is 4.28. The Morgan fingerprint density at radius 2 is 2.09 bits per heavy atom. The molecule has 0 aromatic carbocycles. The van der Waals surface area contributed by atoms with E-state index >= 15 is 0 Å². The average molecular weight is 218 g/mol. The lowest BCUT2D eigenvalue weighted by molar-refractivity contribution is 0.523. The van der Waals surface area contributed by atoms with Crippen LogP contribution in [-0.4, -0.2) is 15.0 Å². The van der Waals surface area contributed by atoms with E-state index in [1.165, 1.54) is 0 Å². The van der Waals surface area contributed by atoms with Crippen LogP contribution >= 0.6 is 15.9 Å². The molecular formula is C7H12BrN3. The third-order valence-corrected chi connectivity index (χ3v) is 2.05. The zero-order valence-corrected chi connectivity index (χ0v) is 8.43. The Morgan fingerprint density at radius 1 is 1.36 bits per heavy atom. The molecule has 4 heteroatoms. The van der Waals surface area contributed by atoms with Crippen LogP contribution in [0.1, 0.15) is 26.0 Å². The third kappa shape index (κ3) is 2.02. The van der Waals surface area contributed by atoms with Crippen molar-refractivity contribution < 1.29 is 0 Å². The number of hydrogen-bond acceptors (Lipinski definition) is 2. The first-order valence-corrected chi connectivity index (χ1v) is 4.66. The van der Waals surface area contributed by atoms with Crippen LogP contribution in [-0.2, 0) is 13.0 Å². The molecule has 0 fully saturated rings. The van der Waals surface area contributed by atoms with Gasteiger partial charge in [0.2, 0.25) is 0 Å². The van der Waals surface area contributed by atoms with Crippen LogP contribution in [0.4, 0.5) is 0 Å². The Morgan fingerprint density at radius 3 is 2.55 bits per heavy atom. The molecule has 62 valence electrons. The quantitative estimate of drug-likeness (QED) is 0.776. The van der Waals surface area contributed by atoms with Crippen molar-refractivity contribution in [2.24, 2.45) is 0 Å². The van der Waals surface area contributed by atoms with Crippen LogP contribution in [0, 0.1) is 0 Å². The molecule has 0 saturated heterocycles. The summed E-state index contributed by atoms with van der Waals surface area (Å²) >= 11 is 3.35. The first kappa shape index (κ1) is 8.71. The van der Waals surface area contributed by atoms with Gasteiger partial charge in [-0.25, -0.2) is 0 Å². The summed E-state index contributed by atoms with van der Waals surface area (Å²) in [5.41, 5.74) is 1.04. The molecule has 1 aromatic rings. The van der Waals surface area contributed by atoms with E-state index < -0.39 is 0 Å². The molecule has 0 atom stereocenters. The van der Waals surface area contributed by atoms with Gasteiger partial charge in [-0.05, 0) is 28.8 Å². The fraction of sp³-hybridized carbons (Fsp3) is 0.714. The van der Waals surface area contributed by atoms with E-state index in [4.69, 9.17) is 0 Å². The molecule has 0 aliphatic rings. The van der Waals surface area contributed by atoms with E-state index in [0.29, 0.717) is 0 Å². The second kappa shape index (κ2) is 3.85. The van der Waals surface area contributed by atoms with Crippen LogP contribution in [0.2, 0.25) is 0 Å². The standard InChI is InChI=1S/C7H12BrN3/c1-3-5-11-9-6(4-2)7(8)10-11/h3-5H2,1-2H3. The lowest BCUT2D eigenvalue weighted by Crippen LogP contribution is -2.01. The minimum atomic E-state index is 0.883. The molecule has 0 bridgehead atoms. The van der Waals surface area contributed by atoms with Gasteiger partial charge in [0.05, 0.1) is 12.2 Å². The lowest BCUT2D eigenvalue weighted by Gasteiger charge is -1.91. The first-order chi connectivity index (χ1) is 5.27. The second-order valence-corrected chi connectivity index (χ2v) is 3.14. The molecule has 0 radical (unpaired) electrons. The predicted octanol–water partition coefficient (Wildman–Crippen LogP) is 2.01. The molecule has 0 aliphatic carbocycles. The van der Waals surface area contributed by atoms with Crippen molar-refractivity contribution in [1.29, 1.82) is 0 Å². The molecule has 1 aromatic heterocycles. The fourth-order valence-corrected chi connectivity index (χ4v) is 1.42. The Balaban J connectivity index is 2.77. The Bertz CT molecular complexity index is 232. The minimum Gasteiger partial charge on any atom is -0.184 e. The van der Waals surface area contributed by atoms with Gasteiger partial charge in [0.25, 0.3) is 0 Å². The second-order valence-electron chi connectivity index (χ2n) is 2.39. The summed E-state index contributed by atoms with van der Waals surface area (Å²) in [4.78, 5) is 1.74. The molecule has 0 saturated carbocycles. The minimum absolute atomic E-state index is 0.883. The van der Waals surface area contributed by atoms with Crippen molar-refractivity contribution in [2.75, 3.05) is 0 Å². The maximum Gasteiger partial charge on any atom is 0.151 e. The molecule has 3 nitrogen and oxygen atoms in total. The SMILES string of the molecule is CCCn1nc(Br)c(CC)n1. The molecular weight excluding hydrogens is 206 g/mol. The molecule has 1 heterocycles. The van der Waals surface area contributed by atoms with Crippen molar-refractivity contribution in [1.82, 2.24) is 15.0 Å². The number of hydrogen-bond donors (Lipinski definition) is 0. The van der Waals surface area contributed by atoms with Crippen molar-refractivity contribution >= 4 is 15.9 Å². The number of rotatable bonds is 3. The zero-order valence-electron chi connectivity index (χ0n) is 6.84. The van der Waals surface area contributed by atoms with E-state index in [0.717, 1.165) is 29.7 Å². The molecule has 0 amide bonds. The van der Waals surface area contributed by atoms with E-state index in [1.807, 2.05) is 0 Å². The summed E-state index contributed by atoms with van der Waals surface area (Å²) in [5, 5.41) is 8.47. The van der Waals surface area contributed by atoms with E-state index in [2.05, 4.69) is 40.0 Å². The van der Waals surface area contributed by atoms with Gasteiger partial charge in [-0.1, -0.05) is 13.8 Å². The highest BCUT2D eigenvalue weighted by Crippen LogP contribution is 2.10. The zero-order chi connectivity index (χ0) is 8.27. The summed E-state index contributed by atoms with van der Waals surface area (Å²) in [6, 6.07) is 0. The molecule has 0 spiro atoms. The Kier molecular flexibility index (Phi) is 3.05. The molecule has 11 heavy (non-hydrogen) atoms. The predicted molar refractivity (Wildman–Crippen MR) is 47.4 cm³/mol. The maximum atomic E-state index is 4.28. The van der Waals surface area contributed by atoms with Crippen LogP contribution in [0.25, 0.3) is 0 Å². The van der Waals surface area contributed by atoms with Gasteiger partial charge in [-0.15, -0.1) is 5.10 Å². The third-order valence-electron chi connectivity index (χ3n) is 1.44. The van der Waals surface area contributed by atoms with Crippen molar-refractivity contribution in [3.05, 3.63) is 10.3 Å². The van der Waals surface area contributed by atoms with Gasteiger partial charge in [0.1, 0.15) is 0 Å². The van der Waals surface area contributed by atoms with Crippen LogP contribution in [0.3, 0.4) is 0 Å². The van der Waals surface area contributed by atoms with E-state index in [9.17, 15) is 0 Å². The number of aromatic nitrogens is 3. The van der Waals surface area contributed by atoms with Gasteiger partial charge in [-0.2, -0.15) is 9.90 Å². The fourth-order valence-electron chi connectivity index (χ4n) is 0.879. The smallest absolute Gasteiger partial charge is 0.151 e. The number of halogens is 1. The van der Waals surface area contributed by atoms with Crippen molar-refractivity contribution in [3.63, 3.8) is 0 Å². The van der Waals surface area contributed by atoms with Gasteiger partial charge >= 0.3 is 0 Å². The largest absolute Gasteiger partial charge is 0.184 e. The van der Waals surface area contributed by atoms with Crippen molar-refractivity contribution in [2.45, 2.75) is 33.2 Å². The lowest BCUT2D eigenvalue weighted by atomic mass is 10.4. The van der Waals surface area contributed by atoms with Gasteiger partial charge in [0, 0.05) is 0 Å². The molecule has 1 rings (SSSR count). The monoisotopic (exact) mass is 217 g/mol.